The molecule has 2 rings (SSSR count). The third-order valence-electron chi connectivity index (χ3n) is 2.74. The highest BCUT2D eigenvalue weighted by atomic mass is 79.9. The molecule has 0 amide bonds. The topological polar surface area (TPSA) is 103 Å². The Morgan fingerprint density at radius 3 is 2.48 bits per heavy atom. The Balaban J connectivity index is 2.14. The second-order valence-electron chi connectivity index (χ2n) is 4.32. The summed E-state index contributed by atoms with van der Waals surface area (Å²) in [5, 5.41) is 7.64. The Hall–Kier alpha value is -0.970. The van der Waals surface area contributed by atoms with E-state index in [1.54, 1.807) is 30.1 Å². The van der Waals surface area contributed by atoms with E-state index in [9.17, 15) is 8.42 Å². The normalized spacial score (nSPS) is 11.8. The number of sulfonamides is 1. The summed E-state index contributed by atoms with van der Waals surface area (Å²) in [7, 11) is -1.86. The van der Waals surface area contributed by atoms with Gasteiger partial charge in [0.25, 0.3) is 0 Å². The fraction of sp³-hybridized carbons (Fsp3) is 0.273. The lowest BCUT2D eigenvalue weighted by molar-refractivity contribution is 0.579. The van der Waals surface area contributed by atoms with E-state index >= 15 is 0 Å². The second-order valence-corrected chi connectivity index (χ2v) is 7.73. The molecule has 2 aromatic rings. The zero-order valence-corrected chi connectivity index (χ0v) is 15.0. The molecule has 0 aliphatic carbocycles. The summed E-state index contributed by atoms with van der Waals surface area (Å²) in [6.45, 7) is 0.220. The first-order chi connectivity index (χ1) is 9.81. The maximum absolute atomic E-state index is 12.3. The maximum Gasteiger partial charge on any atom is 0.242 e. The summed E-state index contributed by atoms with van der Waals surface area (Å²) in [5.74, 6) is 0.702. The molecular formula is C11H13Br2N5O2S. The van der Waals surface area contributed by atoms with Crippen molar-refractivity contribution in [1.82, 2.24) is 19.5 Å². The van der Waals surface area contributed by atoms with Crippen molar-refractivity contribution in [3.63, 3.8) is 0 Å². The van der Waals surface area contributed by atoms with E-state index in [1.165, 1.54) is 0 Å². The van der Waals surface area contributed by atoms with Crippen molar-refractivity contribution >= 4 is 47.6 Å². The van der Waals surface area contributed by atoms with Crippen LogP contribution in [0.3, 0.4) is 0 Å². The summed E-state index contributed by atoms with van der Waals surface area (Å²) in [6, 6.07) is 3.09. The van der Waals surface area contributed by atoms with E-state index in [0.29, 0.717) is 26.9 Å². The maximum atomic E-state index is 12.3. The Kier molecular flexibility index (Phi) is 5.02. The number of anilines is 1. The number of rotatable bonds is 5. The minimum Gasteiger partial charge on any atom is -0.399 e. The second kappa shape index (κ2) is 6.42. The van der Waals surface area contributed by atoms with E-state index in [-0.39, 0.29) is 11.4 Å². The van der Waals surface area contributed by atoms with Gasteiger partial charge >= 0.3 is 0 Å². The van der Waals surface area contributed by atoms with Gasteiger partial charge in [-0.1, -0.05) is 0 Å². The lowest BCUT2D eigenvalue weighted by atomic mass is 10.3. The Morgan fingerprint density at radius 1 is 1.33 bits per heavy atom. The first-order valence-corrected chi connectivity index (χ1v) is 8.95. The molecule has 1 heterocycles. The zero-order valence-electron chi connectivity index (χ0n) is 11.0. The van der Waals surface area contributed by atoms with E-state index in [0.717, 1.165) is 0 Å². The number of aryl methyl sites for hydroxylation is 1. The average Bonchev–Trinajstić information content (AvgIpc) is 2.73. The minimum absolute atomic E-state index is 0.120. The largest absolute Gasteiger partial charge is 0.399 e. The quantitative estimate of drug-likeness (QED) is 0.687. The third kappa shape index (κ3) is 3.82. The lowest BCUT2D eigenvalue weighted by Crippen LogP contribution is -2.27. The van der Waals surface area contributed by atoms with Crippen molar-refractivity contribution in [3.8, 4) is 0 Å². The lowest BCUT2D eigenvalue weighted by Gasteiger charge is -2.11. The number of nitrogen functional groups attached to an aromatic ring is 1. The van der Waals surface area contributed by atoms with Gasteiger partial charge in [-0.3, -0.25) is 0 Å². The van der Waals surface area contributed by atoms with Crippen molar-refractivity contribution in [3.05, 3.63) is 33.2 Å². The van der Waals surface area contributed by atoms with Gasteiger partial charge < -0.3 is 10.3 Å². The Labute approximate surface area is 139 Å². The van der Waals surface area contributed by atoms with Gasteiger partial charge in [-0.25, -0.2) is 13.1 Å². The SMILES string of the molecule is Cn1cnnc1CCNS(=O)(=O)c1c(Br)cc(N)cc1Br. The van der Waals surface area contributed by atoms with Crippen LogP contribution in [0.2, 0.25) is 0 Å². The minimum atomic E-state index is -3.66. The van der Waals surface area contributed by atoms with Crippen LogP contribution in [0.1, 0.15) is 5.82 Å². The van der Waals surface area contributed by atoms with Crippen molar-refractivity contribution in [2.75, 3.05) is 12.3 Å². The summed E-state index contributed by atoms with van der Waals surface area (Å²) < 4.78 is 29.8. The molecule has 21 heavy (non-hydrogen) atoms. The number of nitrogens with one attached hydrogen (secondary N) is 1. The van der Waals surface area contributed by atoms with Crippen LogP contribution in [0, 0.1) is 0 Å². The number of hydrogen-bond donors (Lipinski definition) is 2. The van der Waals surface area contributed by atoms with E-state index in [2.05, 4.69) is 46.8 Å². The molecule has 0 unspecified atom stereocenters. The molecule has 0 aliphatic heterocycles. The molecule has 10 heteroatoms. The fourth-order valence-corrected chi connectivity index (χ4v) is 5.39. The van der Waals surface area contributed by atoms with Crippen LogP contribution >= 0.6 is 31.9 Å². The Bertz CT molecular complexity index is 737. The summed E-state index contributed by atoms with van der Waals surface area (Å²) in [5.41, 5.74) is 6.12. The van der Waals surface area contributed by atoms with Gasteiger partial charge in [0.1, 0.15) is 17.0 Å². The number of halogens is 2. The van der Waals surface area contributed by atoms with Crippen LogP contribution in [0.15, 0.2) is 32.3 Å². The van der Waals surface area contributed by atoms with Gasteiger partial charge in [-0.2, -0.15) is 0 Å². The predicted octanol–water partition coefficient (Wildman–Crippen LogP) is 1.44. The Morgan fingerprint density at radius 2 is 1.95 bits per heavy atom. The molecule has 0 bridgehead atoms. The van der Waals surface area contributed by atoms with Crippen molar-refractivity contribution in [2.45, 2.75) is 11.3 Å². The predicted molar refractivity (Wildman–Crippen MR) is 86.1 cm³/mol. The number of aromatic nitrogens is 3. The van der Waals surface area contributed by atoms with Crippen LogP contribution in [0.4, 0.5) is 5.69 Å². The number of hydrogen-bond acceptors (Lipinski definition) is 5. The molecule has 0 aliphatic rings. The van der Waals surface area contributed by atoms with Gasteiger partial charge in [-0.15, -0.1) is 10.2 Å². The number of nitrogens with zero attached hydrogens (tertiary/aromatic N) is 3. The van der Waals surface area contributed by atoms with Gasteiger partial charge in [-0.05, 0) is 44.0 Å². The van der Waals surface area contributed by atoms with Gasteiger partial charge in [0.2, 0.25) is 10.0 Å². The summed E-state index contributed by atoms with van der Waals surface area (Å²) >= 11 is 6.44. The molecular weight excluding hydrogens is 426 g/mol. The molecule has 0 radical (unpaired) electrons. The van der Waals surface area contributed by atoms with Crippen LogP contribution in [0.5, 0.6) is 0 Å². The molecule has 0 fully saturated rings. The van der Waals surface area contributed by atoms with E-state index in [4.69, 9.17) is 5.73 Å². The monoisotopic (exact) mass is 437 g/mol. The highest BCUT2D eigenvalue weighted by molar-refractivity contribution is 9.11. The average molecular weight is 439 g/mol. The van der Waals surface area contributed by atoms with Gasteiger partial charge in [0.05, 0.1) is 0 Å². The molecule has 0 spiro atoms. The van der Waals surface area contributed by atoms with Crippen LogP contribution < -0.4 is 10.5 Å². The summed E-state index contributed by atoms with van der Waals surface area (Å²) in [6.07, 6.45) is 2.01. The van der Waals surface area contributed by atoms with E-state index < -0.39 is 10.0 Å². The fourth-order valence-electron chi connectivity index (χ4n) is 1.74. The molecule has 7 nitrogen and oxygen atoms in total. The van der Waals surface area contributed by atoms with Gasteiger partial charge in [0, 0.05) is 34.6 Å². The van der Waals surface area contributed by atoms with Crippen molar-refractivity contribution in [2.24, 2.45) is 7.05 Å². The smallest absolute Gasteiger partial charge is 0.242 e. The number of nitrogens with two attached hydrogens (primary N) is 1. The molecule has 114 valence electrons. The van der Waals surface area contributed by atoms with Crippen LogP contribution in [-0.2, 0) is 23.5 Å². The van der Waals surface area contributed by atoms with E-state index in [1.807, 2.05) is 0 Å². The van der Waals surface area contributed by atoms with Gasteiger partial charge in [0.15, 0.2) is 0 Å². The molecule has 1 aromatic carbocycles. The number of benzene rings is 1. The molecule has 0 saturated heterocycles. The highest BCUT2D eigenvalue weighted by Crippen LogP contribution is 2.32. The highest BCUT2D eigenvalue weighted by Gasteiger charge is 2.21. The van der Waals surface area contributed by atoms with Crippen LogP contribution in [0.25, 0.3) is 0 Å². The summed E-state index contributed by atoms with van der Waals surface area (Å²) in [4.78, 5) is 0.120. The first kappa shape index (κ1) is 16.4. The first-order valence-electron chi connectivity index (χ1n) is 5.88. The van der Waals surface area contributed by atoms with Crippen molar-refractivity contribution < 1.29 is 8.42 Å². The van der Waals surface area contributed by atoms with Crippen molar-refractivity contribution in [1.29, 1.82) is 0 Å². The molecule has 1 aromatic heterocycles. The molecule has 0 atom stereocenters. The molecule has 0 saturated carbocycles. The standard InChI is InChI=1S/C11H13Br2N5O2S/c1-18-6-15-17-10(18)2-3-16-21(19,20)11-8(12)4-7(14)5-9(11)13/h4-6,16H,2-3,14H2,1H3. The third-order valence-corrected chi connectivity index (χ3v) is 6.07. The zero-order chi connectivity index (χ0) is 15.6. The van der Waals surface area contributed by atoms with Crippen LogP contribution in [-0.4, -0.2) is 29.7 Å². The molecule has 3 N–H and O–H groups in total.